The molecule has 2 aromatic heterocycles. The summed E-state index contributed by atoms with van der Waals surface area (Å²) in [5.74, 6) is 4.83. The highest BCUT2D eigenvalue weighted by molar-refractivity contribution is 5.48. The van der Waals surface area contributed by atoms with Crippen LogP contribution in [0.1, 0.15) is 55.5 Å². The molecule has 4 heteroatoms. The van der Waals surface area contributed by atoms with Crippen LogP contribution < -0.4 is 4.74 Å². The summed E-state index contributed by atoms with van der Waals surface area (Å²) in [6.07, 6.45) is 10.4. The molecule has 1 aromatic carbocycles. The van der Waals surface area contributed by atoms with Crippen molar-refractivity contribution in [3.8, 4) is 5.75 Å². The highest BCUT2D eigenvalue weighted by Gasteiger charge is 2.53. The van der Waals surface area contributed by atoms with Crippen LogP contribution in [0, 0.1) is 24.7 Å². The SMILES string of the molecule is Cc1ccc(OCc2cccn3c(C45CC6CC(CC(C6)C4)C5)nnc23)cc1. The van der Waals surface area contributed by atoms with Crippen molar-refractivity contribution in [1.29, 1.82) is 0 Å². The molecule has 0 aliphatic heterocycles. The number of nitrogens with zero attached hydrogens (tertiary/aromatic N) is 3. The van der Waals surface area contributed by atoms with E-state index >= 15 is 0 Å². The van der Waals surface area contributed by atoms with Crippen molar-refractivity contribution >= 4 is 5.65 Å². The molecule has 0 spiro atoms. The van der Waals surface area contributed by atoms with Gasteiger partial charge in [-0.2, -0.15) is 0 Å². The largest absolute Gasteiger partial charge is 0.489 e. The molecule has 3 aromatic rings. The van der Waals surface area contributed by atoms with Crippen molar-refractivity contribution in [1.82, 2.24) is 14.6 Å². The zero-order chi connectivity index (χ0) is 18.7. The van der Waals surface area contributed by atoms with E-state index in [9.17, 15) is 0 Å². The number of ether oxygens (including phenoxy) is 1. The highest BCUT2D eigenvalue weighted by Crippen LogP contribution is 2.60. The van der Waals surface area contributed by atoms with Gasteiger partial charge in [0.2, 0.25) is 0 Å². The monoisotopic (exact) mass is 373 g/mol. The van der Waals surface area contributed by atoms with E-state index in [1.54, 1.807) is 0 Å². The third-order valence-electron chi connectivity index (χ3n) is 7.44. The van der Waals surface area contributed by atoms with E-state index < -0.39 is 0 Å². The van der Waals surface area contributed by atoms with Gasteiger partial charge in [0.15, 0.2) is 5.65 Å². The van der Waals surface area contributed by atoms with E-state index in [1.165, 1.54) is 49.9 Å². The zero-order valence-corrected chi connectivity index (χ0v) is 16.5. The Bertz CT molecular complexity index is 985. The van der Waals surface area contributed by atoms with Gasteiger partial charge in [-0.3, -0.25) is 4.40 Å². The van der Waals surface area contributed by atoms with Crippen LogP contribution in [0.3, 0.4) is 0 Å². The van der Waals surface area contributed by atoms with Gasteiger partial charge in [0, 0.05) is 17.2 Å². The number of hydrogen-bond acceptors (Lipinski definition) is 3. The van der Waals surface area contributed by atoms with Crippen molar-refractivity contribution in [2.75, 3.05) is 0 Å². The van der Waals surface area contributed by atoms with Crippen molar-refractivity contribution < 1.29 is 4.74 Å². The lowest BCUT2D eigenvalue weighted by atomic mass is 9.49. The smallest absolute Gasteiger partial charge is 0.167 e. The van der Waals surface area contributed by atoms with Crippen molar-refractivity contribution in [2.24, 2.45) is 17.8 Å². The Morgan fingerprint density at radius 2 is 1.64 bits per heavy atom. The molecule has 7 rings (SSSR count). The maximum Gasteiger partial charge on any atom is 0.167 e. The third-order valence-corrected chi connectivity index (χ3v) is 7.44. The quantitative estimate of drug-likeness (QED) is 0.640. The number of benzene rings is 1. The molecule has 0 unspecified atom stereocenters. The van der Waals surface area contributed by atoms with Crippen LogP contribution in [0.15, 0.2) is 42.6 Å². The summed E-state index contributed by atoms with van der Waals surface area (Å²) in [6, 6.07) is 12.5. The molecular formula is C24H27N3O. The number of aromatic nitrogens is 3. The van der Waals surface area contributed by atoms with E-state index in [1.807, 2.05) is 12.1 Å². The molecule has 28 heavy (non-hydrogen) atoms. The van der Waals surface area contributed by atoms with Gasteiger partial charge in [-0.05, 0) is 81.4 Å². The van der Waals surface area contributed by atoms with Crippen LogP contribution in [0.25, 0.3) is 5.65 Å². The predicted molar refractivity (Wildman–Crippen MR) is 108 cm³/mol. The van der Waals surface area contributed by atoms with Gasteiger partial charge in [0.1, 0.15) is 18.2 Å². The minimum atomic E-state index is 0.255. The van der Waals surface area contributed by atoms with E-state index in [0.29, 0.717) is 6.61 Å². The highest BCUT2D eigenvalue weighted by atomic mass is 16.5. The van der Waals surface area contributed by atoms with Crippen LogP contribution in [0.2, 0.25) is 0 Å². The van der Waals surface area contributed by atoms with E-state index in [4.69, 9.17) is 9.84 Å². The molecule has 4 aliphatic rings. The summed E-state index contributed by atoms with van der Waals surface area (Å²) in [5, 5.41) is 9.41. The normalized spacial score (nSPS) is 30.8. The Hall–Kier alpha value is -2.36. The fourth-order valence-corrected chi connectivity index (χ4v) is 6.63. The first-order chi connectivity index (χ1) is 13.7. The van der Waals surface area contributed by atoms with Gasteiger partial charge in [-0.25, -0.2) is 0 Å². The minimum Gasteiger partial charge on any atom is -0.489 e. The van der Waals surface area contributed by atoms with Gasteiger partial charge in [-0.1, -0.05) is 23.8 Å². The van der Waals surface area contributed by atoms with Gasteiger partial charge in [-0.15, -0.1) is 10.2 Å². The van der Waals surface area contributed by atoms with Gasteiger partial charge < -0.3 is 4.74 Å². The maximum atomic E-state index is 6.03. The summed E-state index contributed by atoms with van der Waals surface area (Å²) >= 11 is 0. The molecule has 4 saturated carbocycles. The van der Waals surface area contributed by atoms with Crippen molar-refractivity contribution in [3.05, 3.63) is 59.5 Å². The van der Waals surface area contributed by atoms with Gasteiger partial charge in [0.05, 0.1) is 0 Å². The molecule has 0 radical (unpaired) electrons. The number of aryl methyl sites for hydroxylation is 1. The molecule has 4 fully saturated rings. The average molecular weight is 374 g/mol. The number of rotatable bonds is 4. The second-order valence-electron chi connectivity index (χ2n) is 9.55. The lowest BCUT2D eigenvalue weighted by Crippen LogP contribution is -2.49. The summed E-state index contributed by atoms with van der Waals surface area (Å²) in [5.41, 5.74) is 3.56. The first-order valence-corrected chi connectivity index (χ1v) is 10.7. The maximum absolute atomic E-state index is 6.03. The summed E-state index contributed by atoms with van der Waals surface area (Å²) in [7, 11) is 0. The lowest BCUT2D eigenvalue weighted by Gasteiger charge is -2.55. The molecule has 0 saturated heterocycles. The molecule has 2 heterocycles. The van der Waals surface area contributed by atoms with Gasteiger partial charge in [0.25, 0.3) is 0 Å². The Morgan fingerprint density at radius 3 is 2.32 bits per heavy atom. The molecule has 0 N–H and O–H groups in total. The topological polar surface area (TPSA) is 39.4 Å². The van der Waals surface area contributed by atoms with Crippen LogP contribution in [-0.2, 0) is 12.0 Å². The van der Waals surface area contributed by atoms with Crippen LogP contribution >= 0.6 is 0 Å². The predicted octanol–water partition coefficient (Wildman–Crippen LogP) is 5.08. The second-order valence-corrected chi connectivity index (χ2v) is 9.55. The Morgan fingerprint density at radius 1 is 0.964 bits per heavy atom. The molecule has 4 aliphatic carbocycles. The minimum absolute atomic E-state index is 0.255. The molecule has 4 bridgehead atoms. The summed E-state index contributed by atoms with van der Waals surface area (Å²) in [6.45, 7) is 2.61. The van der Waals surface area contributed by atoms with Crippen LogP contribution in [-0.4, -0.2) is 14.6 Å². The van der Waals surface area contributed by atoms with E-state index in [2.05, 4.69) is 46.9 Å². The first kappa shape index (κ1) is 16.6. The average Bonchev–Trinajstić information content (AvgIpc) is 3.12. The zero-order valence-electron chi connectivity index (χ0n) is 16.5. The van der Waals surface area contributed by atoms with Crippen LogP contribution in [0.5, 0.6) is 5.75 Å². The second kappa shape index (κ2) is 6.07. The molecular weight excluding hydrogens is 346 g/mol. The fraction of sp³-hybridized carbons (Fsp3) is 0.500. The molecule has 144 valence electrons. The Labute approximate surface area is 165 Å². The molecule has 0 atom stereocenters. The third kappa shape index (κ3) is 2.57. The van der Waals surface area contributed by atoms with E-state index in [0.717, 1.165) is 34.7 Å². The first-order valence-electron chi connectivity index (χ1n) is 10.7. The lowest BCUT2D eigenvalue weighted by molar-refractivity contribution is -0.00984. The molecule has 4 nitrogen and oxygen atoms in total. The molecule has 0 amide bonds. The standard InChI is InChI=1S/C24H27N3O/c1-16-4-6-21(7-5-16)28-15-20-3-2-8-27-22(20)25-26-23(27)24-12-17-9-18(13-24)11-19(10-17)14-24/h2-8,17-19H,9-15H2,1H3. The van der Waals surface area contributed by atoms with E-state index in [-0.39, 0.29) is 5.41 Å². The van der Waals surface area contributed by atoms with Crippen LogP contribution in [0.4, 0.5) is 0 Å². The van der Waals surface area contributed by atoms with Gasteiger partial charge >= 0.3 is 0 Å². The summed E-state index contributed by atoms with van der Waals surface area (Å²) < 4.78 is 8.30. The fourth-order valence-electron chi connectivity index (χ4n) is 6.63. The van der Waals surface area contributed by atoms with Crippen molar-refractivity contribution in [2.45, 2.75) is 57.5 Å². The Kier molecular flexibility index (Phi) is 3.59. The number of pyridine rings is 1. The summed E-state index contributed by atoms with van der Waals surface area (Å²) in [4.78, 5) is 0. The van der Waals surface area contributed by atoms with Crippen molar-refractivity contribution in [3.63, 3.8) is 0 Å². The Balaban J connectivity index is 1.33. The number of fused-ring (bicyclic) bond motifs is 1. The number of hydrogen-bond donors (Lipinski definition) is 0.